The summed E-state index contributed by atoms with van der Waals surface area (Å²) in [5.74, 6) is 0.846. The fourth-order valence-corrected chi connectivity index (χ4v) is 2.18. The highest BCUT2D eigenvalue weighted by Gasteiger charge is 2.17. The van der Waals surface area contributed by atoms with E-state index in [2.05, 4.69) is 15.9 Å². The molecule has 0 saturated heterocycles. The minimum absolute atomic E-state index is 0.319. The summed E-state index contributed by atoms with van der Waals surface area (Å²) in [5, 5.41) is 0. The van der Waals surface area contributed by atoms with Crippen molar-refractivity contribution < 1.29 is 19.0 Å². The van der Waals surface area contributed by atoms with Crippen LogP contribution in [0.15, 0.2) is 16.6 Å². The second-order valence-electron chi connectivity index (χ2n) is 3.88. The molecule has 0 aliphatic rings. The maximum absolute atomic E-state index is 11.5. The molecule has 1 unspecified atom stereocenters. The van der Waals surface area contributed by atoms with Gasteiger partial charge in [-0.3, -0.25) is 4.79 Å². The third-order valence-corrected chi connectivity index (χ3v) is 3.33. The lowest BCUT2D eigenvalue weighted by molar-refractivity contribution is -0.144. The average Bonchev–Trinajstić information content (AvgIpc) is 2.40. The first-order chi connectivity index (χ1) is 9.03. The number of methoxy groups -OCH3 is 2. The highest BCUT2D eigenvalue weighted by molar-refractivity contribution is 9.10. The van der Waals surface area contributed by atoms with Crippen molar-refractivity contribution in [3.05, 3.63) is 22.2 Å². The van der Waals surface area contributed by atoms with Crippen LogP contribution in [0.5, 0.6) is 11.5 Å². The van der Waals surface area contributed by atoms with Crippen LogP contribution in [0.2, 0.25) is 0 Å². The van der Waals surface area contributed by atoms with Gasteiger partial charge in [0.2, 0.25) is 0 Å². The van der Waals surface area contributed by atoms with Crippen LogP contribution >= 0.6 is 15.9 Å². The summed E-state index contributed by atoms with van der Waals surface area (Å²) in [6.07, 6.45) is 0.360. The maximum Gasteiger partial charge on any atom is 0.323 e. The highest BCUT2D eigenvalue weighted by atomic mass is 79.9. The van der Waals surface area contributed by atoms with Crippen molar-refractivity contribution in [3.8, 4) is 11.5 Å². The molecule has 6 heteroatoms. The molecule has 106 valence electrons. The molecule has 0 aromatic heterocycles. The molecule has 0 heterocycles. The molecule has 0 aliphatic carbocycles. The van der Waals surface area contributed by atoms with Crippen LogP contribution in [-0.2, 0) is 16.0 Å². The molecule has 1 rings (SSSR count). The molecular weight excluding hydrogens is 314 g/mol. The molecule has 0 fully saturated rings. The van der Waals surface area contributed by atoms with Crippen molar-refractivity contribution in [2.24, 2.45) is 5.73 Å². The zero-order valence-corrected chi connectivity index (χ0v) is 12.8. The first-order valence-electron chi connectivity index (χ1n) is 5.86. The van der Waals surface area contributed by atoms with E-state index in [1.54, 1.807) is 21.1 Å². The number of benzene rings is 1. The molecule has 0 radical (unpaired) electrons. The van der Waals surface area contributed by atoms with Crippen LogP contribution in [0.25, 0.3) is 0 Å². The number of nitrogens with two attached hydrogens (primary N) is 1. The van der Waals surface area contributed by atoms with Gasteiger partial charge in [-0.05, 0) is 47.0 Å². The van der Waals surface area contributed by atoms with Crippen molar-refractivity contribution in [2.45, 2.75) is 19.4 Å². The van der Waals surface area contributed by atoms with E-state index in [0.29, 0.717) is 24.5 Å². The van der Waals surface area contributed by atoms with Crippen molar-refractivity contribution >= 4 is 21.9 Å². The average molecular weight is 332 g/mol. The molecule has 1 atom stereocenters. The predicted octanol–water partition coefficient (Wildman–Crippen LogP) is 1.90. The molecule has 0 spiro atoms. The van der Waals surface area contributed by atoms with E-state index in [9.17, 15) is 4.79 Å². The maximum atomic E-state index is 11.5. The van der Waals surface area contributed by atoms with E-state index in [1.165, 1.54) is 0 Å². The Morgan fingerprint density at radius 2 is 1.84 bits per heavy atom. The molecule has 0 amide bonds. The van der Waals surface area contributed by atoms with Gasteiger partial charge in [-0.2, -0.15) is 0 Å². The Kier molecular flexibility index (Phi) is 6.11. The summed E-state index contributed by atoms with van der Waals surface area (Å²) < 4.78 is 16.1. The lowest BCUT2D eigenvalue weighted by Crippen LogP contribution is -2.34. The molecule has 0 aliphatic heterocycles. The van der Waals surface area contributed by atoms with Gasteiger partial charge in [-0.25, -0.2) is 0 Å². The first kappa shape index (κ1) is 15.8. The lowest BCUT2D eigenvalue weighted by atomic mass is 10.1. The number of carbonyl (C=O) groups is 1. The van der Waals surface area contributed by atoms with Crippen molar-refractivity contribution in [1.82, 2.24) is 0 Å². The SMILES string of the molecule is CCOC(=O)C(N)Cc1cc(OC)c(Br)c(OC)c1. The Bertz CT molecular complexity index is 425. The summed E-state index contributed by atoms with van der Waals surface area (Å²) >= 11 is 3.38. The second-order valence-corrected chi connectivity index (χ2v) is 4.67. The van der Waals surface area contributed by atoms with Gasteiger partial charge in [0.1, 0.15) is 22.0 Å². The zero-order valence-electron chi connectivity index (χ0n) is 11.2. The number of hydrogen-bond acceptors (Lipinski definition) is 5. The van der Waals surface area contributed by atoms with Crippen LogP contribution in [-0.4, -0.2) is 32.8 Å². The Balaban J connectivity index is 2.92. The van der Waals surface area contributed by atoms with E-state index >= 15 is 0 Å². The number of esters is 1. The number of rotatable bonds is 6. The molecule has 2 N–H and O–H groups in total. The van der Waals surface area contributed by atoms with Crippen molar-refractivity contribution in [2.75, 3.05) is 20.8 Å². The summed E-state index contributed by atoms with van der Waals surface area (Å²) in [7, 11) is 3.13. The number of hydrogen-bond donors (Lipinski definition) is 1. The molecule has 0 bridgehead atoms. The van der Waals surface area contributed by atoms with Crippen molar-refractivity contribution in [3.63, 3.8) is 0 Å². The van der Waals surface area contributed by atoms with Gasteiger partial charge in [-0.15, -0.1) is 0 Å². The monoisotopic (exact) mass is 331 g/mol. The molecule has 1 aromatic rings. The largest absolute Gasteiger partial charge is 0.495 e. The summed E-state index contributed by atoms with van der Waals surface area (Å²) in [6, 6.07) is 2.92. The summed E-state index contributed by atoms with van der Waals surface area (Å²) in [6.45, 7) is 2.07. The molecule has 1 aromatic carbocycles. The van der Waals surface area contributed by atoms with Crippen LogP contribution in [0.1, 0.15) is 12.5 Å². The molecule has 0 saturated carbocycles. The minimum atomic E-state index is -0.699. The van der Waals surface area contributed by atoms with Gasteiger partial charge in [0.15, 0.2) is 0 Å². The normalized spacial score (nSPS) is 11.8. The summed E-state index contributed by atoms with van der Waals surface area (Å²) in [4.78, 5) is 11.5. The zero-order chi connectivity index (χ0) is 14.4. The third kappa shape index (κ3) is 4.11. The van der Waals surface area contributed by atoms with Gasteiger partial charge in [0, 0.05) is 0 Å². The number of ether oxygens (including phenoxy) is 3. The van der Waals surface area contributed by atoms with Gasteiger partial charge in [0.05, 0.1) is 20.8 Å². The highest BCUT2D eigenvalue weighted by Crippen LogP contribution is 2.35. The predicted molar refractivity (Wildman–Crippen MR) is 75.6 cm³/mol. The van der Waals surface area contributed by atoms with E-state index < -0.39 is 12.0 Å². The van der Waals surface area contributed by atoms with Gasteiger partial charge >= 0.3 is 5.97 Å². The second kappa shape index (κ2) is 7.35. The summed E-state index contributed by atoms with van der Waals surface area (Å²) in [5.41, 5.74) is 6.63. The standard InChI is InChI=1S/C13H18BrNO4/c1-4-19-13(16)9(15)5-8-6-10(17-2)12(14)11(7-8)18-3/h6-7,9H,4-5,15H2,1-3H3. The Labute approximate surface area is 121 Å². The Morgan fingerprint density at radius 3 is 2.26 bits per heavy atom. The lowest BCUT2D eigenvalue weighted by Gasteiger charge is -2.14. The van der Waals surface area contributed by atoms with Crippen LogP contribution in [0, 0.1) is 0 Å². The van der Waals surface area contributed by atoms with Crippen LogP contribution in [0.3, 0.4) is 0 Å². The Morgan fingerprint density at radius 1 is 1.32 bits per heavy atom. The topological polar surface area (TPSA) is 70.8 Å². The van der Waals surface area contributed by atoms with Crippen LogP contribution in [0.4, 0.5) is 0 Å². The molecule has 5 nitrogen and oxygen atoms in total. The van der Waals surface area contributed by atoms with E-state index in [-0.39, 0.29) is 0 Å². The number of halogens is 1. The Hall–Kier alpha value is -1.27. The molecule has 19 heavy (non-hydrogen) atoms. The van der Waals surface area contributed by atoms with Crippen molar-refractivity contribution in [1.29, 1.82) is 0 Å². The van der Waals surface area contributed by atoms with E-state index in [1.807, 2.05) is 12.1 Å². The van der Waals surface area contributed by atoms with Crippen LogP contribution < -0.4 is 15.2 Å². The molecular formula is C13H18BrNO4. The van der Waals surface area contributed by atoms with Gasteiger partial charge in [-0.1, -0.05) is 0 Å². The first-order valence-corrected chi connectivity index (χ1v) is 6.65. The van der Waals surface area contributed by atoms with E-state index in [0.717, 1.165) is 10.0 Å². The quantitative estimate of drug-likeness (QED) is 0.806. The fourth-order valence-electron chi connectivity index (χ4n) is 1.63. The fraction of sp³-hybridized carbons (Fsp3) is 0.462. The van der Waals surface area contributed by atoms with Gasteiger partial charge in [0.25, 0.3) is 0 Å². The van der Waals surface area contributed by atoms with E-state index in [4.69, 9.17) is 19.9 Å². The smallest absolute Gasteiger partial charge is 0.323 e. The minimum Gasteiger partial charge on any atom is -0.495 e. The number of carbonyl (C=O) groups excluding carboxylic acids is 1. The third-order valence-electron chi connectivity index (χ3n) is 2.55. The van der Waals surface area contributed by atoms with Gasteiger partial charge < -0.3 is 19.9 Å².